The van der Waals surface area contributed by atoms with Gasteiger partial charge in [0.2, 0.25) is 0 Å². The van der Waals surface area contributed by atoms with Crippen LogP contribution in [0.25, 0.3) is 0 Å². The average molecular weight is 275 g/mol. The fraction of sp³-hybridized carbons (Fsp3) is 0.500. The molecule has 1 atom stereocenters. The second-order valence-corrected chi connectivity index (χ2v) is 4.88. The Balaban J connectivity index is 2.00. The highest BCUT2D eigenvalue weighted by atomic mass is 16.5. The average Bonchev–Trinajstić information content (AvgIpc) is 2.85. The van der Waals surface area contributed by atoms with Gasteiger partial charge in [-0.1, -0.05) is 12.1 Å². The van der Waals surface area contributed by atoms with Crippen molar-refractivity contribution in [3.63, 3.8) is 0 Å². The summed E-state index contributed by atoms with van der Waals surface area (Å²) < 4.78 is 5.18. The van der Waals surface area contributed by atoms with Crippen LogP contribution >= 0.6 is 0 Å². The molecule has 20 heavy (non-hydrogen) atoms. The van der Waals surface area contributed by atoms with Crippen molar-refractivity contribution in [2.75, 3.05) is 20.7 Å². The van der Waals surface area contributed by atoms with E-state index in [4.69, 9.17) is 4.74 Å². The molecule has 108 valence electrons. The van der Waals surface area contributed by atoms with Crippen LogP contribution in [0.1, 0.15) is 11.4 Å². The molecule has 0 fully saturated rings. The number of hydrogen-bond donors (Lipinski definition) is 1. The van der Waals surface area contributed by atoms with Crippen LogP contribution in [0, 0.1) is 5.92 Å². The Morgan fingerprint density at radius 2 is 2.00 bits per heavy atom. The maximum Gasteiger partial charge on any atom is 0.175 e. The molecule has 0 amide bonds. The normalized spacial score (nSPS) is 12.3. The van der Waals surface area contributed by atoms with Crippen LogP contribution in [0.3, 0.4) is 0 Å². The molecule has 1 unspecified atom stereocenters. The topological polar surface area (TPSA) is 64.9 Å². The van der Waals surface area contributed by atoms with Gasteiger partial charge in [0, 0.05) is 6.42 Å². The van der Waals surface area contributed by atoms with Crippen LogP contribution in [0.5, 0.6) is 5.75 Å². The van der Waals surface area contributed by atoms with E-state index >= 15 is 0 Å². The summed E-state index contributed by atoms with van der Waals surface area (Å²) >= 11 is 0. The quantitative estimate of drug-likeness (QED) is 0.811. The summed E-state index contributed by atoms with van der Waals surface area (Å²) in [6, 6.07) is 8.19. The minimum Gasteiger partial charge on any atom is -0.497 e. The van der Waals surface area contributed by atoms with E-state index in [0.717, 1.165) is 31.0 Å². The zero-order valence-electron chi connectivity index (χ0n) is 12.2. The monoisotopic (exact) mass is 275 g/mol. The lowest BCUT2D eigenvalue weighted by molar-refractivity contribution is 0.414. The number of methoxy groups -OCH3 is 1. The Morgan fingerprint density at radius 1 is 1.25 bits per heavy atom. The summed E-state index contributed by atoms with van der Waals surface area (Å²) in [5, 5.41) is 15.4. The Morgan fingerprint density at radius 3 is 2.55 bits per heavy atom. The molecular weight excluding hydrogens is 254 g/mol. The molecule has 0 aliphatic heterocycles. The van der Waals surface area contributed by atoms with Crippen LogP contribution < -0.4 is 10.1 Å². The molecule has 1 aromatic carbocycles. The van der Waals surface area contributed by atoms with Crippen molar-refractivity contribution >= 4 is 0 Å². The fourth-order valence-corrected chi connectivity index (χ4v) is 2.26. The molecule has 1 heterocycles. The van der Waals surface area contributed by atoms with Gasteiger partial charge < -0.3 is 10.1 Å². The van der Waals surface area contributed by atoms with Crippen LogP contribution in [0.2, 0.25) is 0 Å². The van der Waals surface area contributed by atoms with Crippen LogP contribution in [-0.2, 0) is 19.9 Å². The number of benzene rings is 1. The lowest BCUT2D eigenvalue weighted by Gasteiger charge is -2.15. The van der Waals surface area contributed by atoms with Gasteiger partial charge in [0.15, 0.2) is 5.82 Å². The molecule has 0 radical (unpaired) electrons. The van der Waals surface area contributed by atoms with E-state index in [2.05, 4.69) is 32.9 Å². The molecule has 2 aromatic rings. The Labute approximate surface area is 119 Å². The molecule has 1 N–H and O–H groups in total. The zero-order chi connectivity index (χ0) is 14.4. The summed E-state index contributed by atoms with van der Waals surface area (Å²) in [6.07, 6.45) is 1.80. The van der Waals surface area contributed by atoms with Crippen LogP contribution in [-0.4, -0.2) is 40.9 Å². The lowest BCUT2D eigenvalue weighted by atomic mass is 9.96. The number of tetrazole rings is 1. The highest BCUT2D eigenvalue weighted by Gasteiger charge is 2.13. The van der Waals surface area contributed by atoms with E-state index in [1.165, 1.54) is 10.4 Å². The lowest BCUT2D eigenvalue weighted by Crippen LogP contribution is -2.23. The minimum atomic E-state index is 0.442. The molecular formula is C14H21N5O. The highest BCUT2D eigenvalue weighted by molar-refractivity contribution is 5.27. The van der Waals surface area contributed by atoms with Gasteiger partial charge in [-0.05, 0) is 48.8 Å². The minimum absolute atomic E-state index is 0.442. The Kier molecular flexibility index (Phi) is 5.06. The third-order valence-corrected chi connectivity index (χ3v) is 3.20. The summed E-state index contributed by atoms with van der Waals surface area (Å²) in [4.78, 5) is 1.50. The van der Waals surface area contributed by atoms with Crippen molar-refractivity contribution in [3.05, 3.63) is 35.7 Å². The highest BCUT2D eigenvalue weighted by Crippen LogP contribution is 2.16. The molecule has 0 saturated heterocycles. The number of aryl methyl sites for hydroxylation is 1. The van der Waals surface area contributed by atoms with Crippen molar-refractivity contribution in [2.24, 2.45) is 13.0 Å². The van der Waals surface area contributed by atoms with Gasteiger partial charge >= 0.3 is 0 Å². The van der Waals surface area contributed by atoms with Gasteiger partial charge in [-0.15, -0.1) is 10.2 Å². The van der Waals surface area contributed by atoms with Gasteiger partial charge in [-0.3, -0.25) is 0 Å². The molecule has 6 nitrogen and oxygen atoms in total. The number of ether oxygens (including phenoxy) is 1. The van der Waals surface area contributed by atoms with Gasteiger partial charge in [0.25, 0.3) is 0 Å². The smallest absolute Gasteiger partial charge is 0.175 e. The Bertz CT molecular complexity index is 523. The van der Waals surface area contributed by atoms with Crippen LogP contribution in [0.15, 0.2) is 24.3 Å². The predicted molar refractivity (Wildman–Crippen MR) is 76.6 cm³/mol. The molecule has 1 aromatic heterocycles. The predicted octanol–water partition coefficient (Wildman–Crippen LogP) is 0.839. The van der Waals surface area contributed by atoms with E-state index in [1.54, 1.807) is 14.2 Å². The first-order chi connectivity index (χ1) is 9.71. The number of nitrogens with one attached hydrogen (secondary N) is 1. The van der Waals surface area contributed by atoms with E-state index in [0.29, 0.717) is 5.92 Å². The van der Waals surface area contributed by atoms with E-state index in [9.17, 15) is 0 Å². The molecule has 0 saturated carbocycles. The maximum absolute atomic E-state index is 5.18. The molecule has 0 spiro atoms. The van der Waals surface area contributed by atoms with E-state index < -0.39 is 0 Å². The molecule has 0 bridgehead atoms. The number of aromatic nitrogens is 4. The Hall–Kier alpha value is -1.95. The number of nitrogens with zero attached hydrogens (tertiary/aromatic N) is 4. The van der Waals surface area contributed by atoms with Crippen LogP contribution in [0.4, 0.5) is 0 Å². The molecule has 6 heteroatoms. The van der Waals surface area contributed by atoms with Gasteiger partial charge in [0.1, 0.15) is 5.75 Å². The SMILES string of the molecule is CNCC(Cc1ccc(OC)cc1)Cc1nnn(C)n1. The summed E-state index contributed by atoms with van der Waals surface area (Å²) in [5.41, 5.74) is 1.29. The van der Waals surface area contributed by atoms with Crippen molar-refractivity contribution in [1.29, 1.82) is 0 Å². The summed E-state index contributed by atoms with van der Waals surface area (Å²) in [5.74, 6) is 2.12. The third kappa shape index (κ3) is 4.03. The molecule has 0 aliphatic carbocycles. The van der Waals surface area contributed by atoms with Gasteiger partial charge in [-0.25, -0.2) is 0 Å². The van der Waals surface area contributed by atoms with Crippen molar-refractivity contribution in [2.45, 2.75) is 12.8 Å². The number of hydrogen-bond acceptors (Lipinski definition) is 5. The van der Waals surface area contributed by atoms with Crippen molar-refractivity contribution < 1.29 is 4.74 Å². The third-order valence-electron chi connectivity index (χ3n) is 3.20. The van der Waals surface area contributed by atoms with E-state index in [1.807, 2.05) is 19.2 Å². The number of rotatable bonds is 7. The summed E-state index contributed by atoms with van der Waals surface area (Å²) in [6.45, 7) is 0.921. The molecule has 2 rings (SSSR count). The fourth-order valence-electron chi connectivity index (χ4n) is 2.26. The zero-order valence-corrected chi connectivity index (χ0v) is 12.2. The standard InChI is InChI=1S/C14H21N5O/c1-15-10-12(9-14-16-18-19(2)17-14)8-11-4-6-13(20-3)7-5-11/h4-7,12,15H,8-10H2,1-3H3. The second kappa shape index (κ2) is 7.00. The van der Waals surface area contributed by atoms with Crippen molar-refractivity contribution in [3.8, 4) is 5.75 Å². The molecule has 0 aliphatic rings. The first-order valence-electron chi connectivity index (χ1n) is 6.71. The van der Waals surface area contributed by atoms with Gasteiger partial charge in [-0.2, -0.15) is 4.80 Å². The van der Waals surface area contributed by atoms with Crippen molar-refractivity contribution in [1.82, 2.24) is 25.5 Å². The maximum atomic E-state index is 5.18. The first-order valence-corrected chi connectivity index (χ1v) is 6.71. The van der Waals surface area contributed by atoms with E-state index in [-0.39, 0.29) is 0 Å². The second-order valence-electron chi connectivity index (χ2n) is 4.88. The van der Waals surface area contributed by atoms with Gasteiger partial charge in [0.05, 0.1) is 14.2 Å². The summed E-state index contributed by atoms with van der Waals surface area (Å²) in [7, 11) is 5.43. The largest absolute Gasteiger partial charge is 0.497 e. The first kappa shape index (κ1) is 14.5.